The molecule has 0 bridgehead atoms. The number of hydrogen-bond acceptors (Lipinski definition) is 4. The lowest BCUT2D eigenvalue weighted by Gasteiger charge is -2.34. The SMILES string of the molecule is CCC(=O)N1CCC[C@H](c2nc(C)c3c(n2)N(Cc2ccc(F)cc2)CCC3)C1. The number of piperidine rings is 1. The zero-order valence-corrected chi connectivity index (χ0v) is 17.3. The van der Waals surface area contributed by atoms with E-state index in [0.29, 0.717) is 19.5 Å². The highest BCUT2D eigenvalue weighted by Gasteiger charge is 2.29. The van der Waals surface area contributed by atoms with Crippen molar-refractivity contribution in [2.75, 3.05) is 24.5 Å². The van der Waals surface area contributed by atoms with E-state index in [-0.39, 0.29) is 17.6 Å². The number of likely N-dealkylation sites (tertiary alicyclic amines) is 1. The van der Waals surface area contributed by atoms with Crippen molar-refractivity contribution in [2.45, 2.75) is 58.4 Å². The molecule has 0 saturated carbocycles. The van der Waals surface area contributed by atoms with E-state index in [9.17, 15) is 9.18 Å². The fourth-order valence-corrected chi connectivity index (χ4v) is 4.49. The molecule has 1 atom stereocenters. The third-order valence-corrected chi connectivity index (χ3v) is 6.09. The summed E-state index contributed by atoms with van der Waals surface area (Å²) in [4.78, 5) is 26.3. The molecule has 6 heteroatoms. The van der Waals surface area contributed by atoms with Crippen molar-refractivity contribution in [3.8, 4) is 0 Å². The summed E-state index contributed by atoms with van der Waals surface area (Å²) >= 11 is 0. The molecule has 5 nitrogen and oxygen atoms in total. The number of rotatable bonds is 4. The molecule has 4 rings (SSSR count). The molecular formula is C23H29FN4O. The zero-order valence-electron chi connectivity index (χ0n) is 17.3. The minimum Gasteiger partial charge on any atom is -0.352 e. The number of halogens is 1. The van der Waals surface area contributed by atoms with E-state index in [0.717, 1.165) is 61.7 Å². The van der Waals surface area contributed by atoms with Gasteiger partial charge >= 0.3 is 0 Å². The number of nitrogens with zero attached hydrogens (tertiary/aromatic N) is 4. The molecular weight excluding hydrogens is 367 g/mol. The van der Waals surface area contributed by atoms with Crippen LogP contribution in [0.2, 0.25) is 0 Å². The Kier molecular flexibility index (Phi) is 5.79. The highest BCUT2D eigenvalue weighted by Crippen LogP contribution is 2.32. The van der Waals surface area contributed by atoms with Gasteiger partial charge < -0.3 is 9.80 Å². The summed E-state index contributed by atoms with van der Waals surface area (Å²) < 4.78 is 13.3. The van der Waals surface area contributed by atoms with Crippen LogP contribution >= 0.6 is 0 Å². The van der Waals surface area contributed by atoms with Crippen LogP contribution in [0.25, 0.3) is 0 Å². The van der Waals surface area contributed by atoms with Gasteiger partial charge in [0.15, 0.2) is 0 Å². The number of fused-ring (bicyclic) bond motifs is 1. The molecule has 1 saturated heterocycles. The largest absolute Gasteiger partial charge is 0.352 e. The molecule has 1 aromatic heterocycles. The Labute approximate surface area is 172 Å². The first-order chi connectivity index (χ1) is 14.0. The highest BCUT2D eigenvalue weighted by atomic mass is 19.1. The minimum absolute atomic E-state index is 0.192. The molecule has 154 valence electrons. The fraction of sp³-hybridized carbons (Fsp3) is 0.522. The number of aromatic nitrogens is 2. The lowest BCUT2D eigenvalue weighted by atomic mass is 9.95. The van der Waals surface area contributed by atoms with Gasteiger partial charge in [0, 0.05) is 49.8 Å². The molecule has 0 N–H and O–H groups in total. The molecule has 1 aromatic carbocycles. The Morgan fingerprint density at radius 1 is 1.17 bits per heavy atom. The Morgan fingerprint density at radius 3 is 2.72 bits per heavy atom. The third-order valence-electron chi connectivity index (χ3n) is 6.09. The number of anilines is 1. The van der Waals surface area contributed by atoms with Crippen LogP contribution in [0.5, 0.6) is 0 Å². The fourth-order valence-electron chi connectivity index (χ4n) is 4.49. The van der Waals surface area contributed by atoms with Crippen molar-refractivity contribution in [1.29, 1.82) is 0 Å². The number of carbonyl (C=O) groups is 1. The molecule has 0 aliphatic carbocycles. The number of aryl methyl sites for hydroxylation is 1. The van der Waals surface area contributed by atoms with Gasteiger partial charge in [0.2, 0.25) is 5.91 Å². The summed E-state index contributed by atoms with van der Waals surface area (Å²) in [7, 11) is 0. The highest BCUT2D eigenvalue weighted by molar-refractivity contribution is 5.76. The first-order valence-corrected chi connectivity index (χ1v) is 10.7. The lowest BCUT2D eigenvalue weighted by Crippen LogP contribution is -2.39. The van der Waals surface area contributed by atoms with E-state index in [1.807, 2.05) is 24.0 Å². The van der Waals surface area contributed by atoms with E-state index >= 15 is 0 Å². The molecule has 0 radical (unpaired) electrons. The predicted molar refractivity (Wildman–Crippen MR) is 111 cm³/mol. The third kappa shape index (κ3) is 4.26. The van der Waals surface area contributed by atoms with Gasteiger partial charge in [-0.2, -0.15) is 0 Å². The standard InChI is InChI=1S/C23H29FN4O/c1-3-21(29)27-12-4-6-18(15-27)22-25-16(2)20-7-5-13-28(23(20)26-22)14-17-8-10-19(24)11-9-17/h8-11,18H,3-7,12-15H2,1-2H3/t18-/m0/s1. The van der Waals surface area contributed by atoms with Crippen LogP contribution in [0.1, 0.15) is 61.2 Å². The molecule has 1 fully saturated rings. The van der Waals surface area contributed by atoms with Crippen molar-refractivity contribution in [3.63, 3.8) is 0 Å². The first kappa shape index (κ1) is 19.8. The topological polar surface area (TPSA) is 49.3 Å². The van der Waals surface area contributed by atoms with Gasteiger partial charge in [-0.3, -0.25) is 4.79 Å². The average Bonchev–Trinajstić information content (AvgIpc) is 2.75. The Morgan fingerprint density at radius 2 is 1.97 bits per heavy atom. The van der Waals surface area contributed by atoms with Gasteiger partial charge in [0.1, 0.15) is 17.5 Å². The van der Waals surface area contributed by atoms with Crippen molar-refractivity contribution in [1.82, 2.24) is 14.9 Å². The van der Waals surface area contributed by atoms with Crippen LogP contribution in [0.15, 0.2) is 24.3 Å². The summed E-state index contributed by atoms with van der Waals surface area (Å²) in [6, 6.07) is 6.71. The van der Waals surface area contributed by atoms with E-state index in [1.54, 1.807) is 0 Å². The second kappa shape index (κ2) is 8.47. The van der Waals surface area contributed by atoms with Crippen LogP contribution in [0.3, 0.4) is 0 Å². The average molecular weight is 397 g/mol. The zero-order chi connectivity index (χ0) is 20.4. The maximum absolute atomic E-state index is 13.3. The normalized spacial score (nSPS) is 19.2. The summed E-state index contributed by atoms with van der Waals surface area (Å²) in [6.45, 7) is 7.19. The van der Waals surface area contributed by atoms with E-state index in [2.05, 4.69) is 11.8 Å². The molecule has 29 heavy (non-hydrogen) atoms. The smallest absolute Gasteiger partial charge is 0.222 e. The van der Waals surface area contributed by atoms with Crippen molar-refractivity contribution in [3.05, 3.63) is 52.7 Å². The van der Waals surface area contributed by atoms with Crippen LogP contribution in [-0.2, 0) is 17.8 Å². The van der Waals surface area contributed by atoms with Gasteiger partial charge in [-0.15, -0.1) is 0 Å². The lowest BCUT2D eigenvalue weighted by molar-refractivity contribution is -0.132. The van der Waals surface area contributed by atoms with E-state index in [1.165, 1.54) is 17.7 Å². The Hall–Kier alpha value is -2.50. The summed E-state index contributed by atoms with van der Waals surface area (Å²) in [5.41, 5.74) is 3.35. The number of carbonyl (C=O) groups excluding carboxylic acids is 1. The number of benzene rings is 1. The maximum Gasteiger partial charge on any atom is 0.222 e. The van der Waals surface area contributed by atoms with Gasteiger partial charge in [0.25, 0.3) is 0 Å². The molecule has 2 aliphatic rings. The molecule has 3 heterocycles. The Balaban J connectivity index is 1.61. The predicted octanol–water partition coefficient (Wildman–Crippen LogP) is 3.99. The van der Waals surface area contributed by atoms with E-state index < -0.39 is 0 Å². The van der Waals surface area contributed by atoms with Crippen LogP contribution in [0, 0.1) is 12.7 Å². The van der Waals surface area contributed by atoms with Crippen LogP contribution in [-0.4, -0.2) is 40.4 Å². The van der Waals surface area contributed by atoms with Crippen molar-refractivity contribution < 1.29 is 9.18 Å². The van der Waals surface area contributed by atoms with Crippen LogP contribution in [0.4, 0.5) is 10.2 Å². The second-order valence-electron chi connectivity index (χ2n) is 8.15. The maximum atomic E-state index is 13.3. The number of amides is 1. The summed E-state index contributed by atoms with van der Waals surface area (Å²) in [5, 5.41) is 0. The molecule has 2 aliphatic heterocycles. The van der Waals surface area contributed by atoms with Gasteiger partial charge in [-0.05, 0) is 50.3 Å². The molecule has 2 aromatic rings. The Bertz CT molecular complexity index is 883. The van der Waals surface area contributed by atoms with Gasteiger partial charge in [0.05, 0.1) is 0 Å². The van der Waals surface area contributed by atoms with Gasteiger partial charge in [-0.25, -0.2) is 14.4 Å². The summed E-state index contributed by atoms with van der Waals surface area (Å²) in [5.74, 6) is 2.07. The monoisotopic (exact) mass is 396 g/mol. The summed E-state index contributed by atoms with van der Waals surface area (Å²) in [6.07, 6.45) is 4.62. The van der Waals surface area contributed by atoms with Crippen LogP contribution < -0.4 is 4.90 Å². The van der Waals surface area contributed by atoms with E-state index in [4.69, 9.17) is 9.97 Å². The van der Waals surface area contributed by atoms with Crippen molar-refractivity contribution in [2.24, 2.45) is 0 Å². The minimum atomic E-state index is -0.211. The quantitative estimate of drug-likeness (QED) is 0.784. The first-order valence-electron chi connectivity index (χ1n) is 10.7. The van der Waals surface area contributed by atoms with Crippen molar-refractivity contribution >= 4 is 11.7 Å². The molecule has 1 amide bonds. The number of hydrogen-bond donors (Lipinski definition) is 0. The van der Waals surface area contributed by atoms with Gasteiger partial charge in [-0.1, -0.05) is 19.1 Å². The molecule has 0 unspecified atom stereocenters. The molecule has 0 spiro atoms. The second-order valence-corrected chi connectivity index (χ2v) is 8.15.